The van der Waals surface area contributed by atoms with Gasteiger partial charge in [0.1, 0.15) is 33.9 Å². The number of fused-ring (bicyclic) bond motifs is 2. The van der Waals surface area contributed by atoms with E-state index in [1.807, 2.05) is 51.1 Å². The molecule has 2 spiro atoms. The second kappa shape index (κ2) is 47.6. The molecule has 2 saturated heterocycles. The van der Waals surface area contributed by atoms with Crippen LogP contribution in [0, 0.1) is 0 Å². The van der Waals surface area contributed by atoms with Crippen LogP contribution in [0.5, 0.6) is 11.5 Å². The summed E-state index contributed by atoms with van der Waals surface area (Å²) in [5, 5.41) is 16.8. The standard InChI is InChI=1S/C20H25NO5.C19H22F3NO6S.4C18H15P.Pd/c1-19(2,3)26-18(23)21-11-9-20(10-12-21)13-15(17(22)24-4)14-7-5-6-8-16(14)25-20;1-17(2,3)28-16(24)23-10-8-18(9-11-23)12-15(29-30(25,26)19(20,21)22)13-6-4-5-7-14(13)27-18;4*1-4-10-16(11-5-1)19(17-12-6-2-7-13-17)18-14-8-3-9-15-18;/h5-8,13H,9-12H2,1-4H3;4-7,12H,8-11H2,1-3H3;4*1-15H;. The first-order chi connectivity index (χ1) is 63.7. The van der Waals surface area contributed by atoms with Gasteiger partial charge in [-0.15, -0.1) is 0 Å². The minimum Gasteiger partial charge on any atom is -0.482 e. The Morgan fingerprint density at radius 2 is 0.519 bits per heavy atom. The number of piperidine rings is 2. The number of hydrogen-bond acceptors (Lipinski definition) is 11. The van der Waals surface area contributed by atoms with Crippen molar-refractivity contribution in [1.82, 2.24) is 9.80 Å². The quantitative estimate of drug-likeness (QED) is 0.0241. The fraction of sp³-hybridized carbons (Fsp3) is 0.180. The number of likely N-dealkylation sites (tertiary alicyclic amines) is 2. The number of hydrogen-bond donors (Lipinski definition) is 0. The normalized spacial score (nSPS) is 13.9. The van der Waals surface area contributed by atoms with Gasteiger partial charge in [-0.3, -0.25) is 0 Å². The fourth-order valence-electron chi connectivity index (χ4n) is 15.2. The van der Waals surface area contributed by atoms with Gasteiger partial charge in [0, 0.05) is 83.9 Å². The van der Waals surface area contributed by atoms with E-state index in [-0.39, 0.29) is 69.7 Å². The molecule has 13 nitrogen and oxygen atoms in total. The summed E-state index contributed by atoms with van der Waals surface area (Å²) in [5.41, 5.74) is -7.12. The Hall–Kier alpha value is -11.9. The van der Waals surface area contributed by atoms with E-state index in [4.69, 9.17) is 23.7 Å². The Bertz CT molecular complexity index is 5310. The number of carbonyl (C=O) groups excluding carboxylic acids is 3. The number of esters is 1. The molecule has 18 rings (SSSR count). The van der Waals surface area contributed by atoms with E-state index in [0.29, 0.717) is 37.3 Å². The Kier molecular flexibility index (Phi) is 35.8. The van der Waals surface area contributed by atoms with Gasteiger partial charge in [-0.25, -0.2) is 14.4 Å². The number of alkyl halides is 3. The van der Waals surface area contributed by atoms with Crippen molar-refractivity contribution >= 4 is 135 Å². The zero-order chi connectivity index (χ0) is 93.0. The number of ether oxygens (including phenoxy) is 5. The maximum atomic E-state index is 12.8. The van der Waals surface area contributed by atoms with Gasteiger partial charge in [0.05, 0.1) is 18.2 Å². The van der Waals surface area contributed by atoms with E-state index in [9.17, 15) is 36.0 Å². The number of benzene rings is 14. The van der Waals surface area contributed by atoms with Crippen molar-refractivity contribution in [1.29, 1.82) is 0 Å². The first-order valence-corrected chi connectivity index (χ1v) is 50.4. The molecule has 0 bridgehead atoms. The van der Waals surface area contributed by atoms with Gasteiger partial charge in [0.25, 0.3) is 0 Å². The van der Waals surface area contributed by atoms with E-state index in [1.165, 1.54) is 99.9 Å². The van der Waals surface area contributed by atoms with Crippen LogP contribution >= 0.6 is 31.7 Å². The summed E-state index contributed by atoms with van der Waals surface area (Å²) in [7, 11) is -6.26. The minimum atomic E-state index is -5.85. The molecule has 22 heteroatoms. The minimum absolute atomic E-state index is 0. The van der Waals surface area contributed by atoms with E-state index in [2.05, 4.69) is 368 Å². The molecule has 0 N–H and O–H groups in total. The van der Waals surface area contributed by atoms with Crippen LogP contribution in [0.15, 0.2) is 425 Å². The SMILES string of the molecule is CC(C)(C)OC(=O)N1CCC2(C=C(OS(=O)(=O)C(F)(F)F)c3ccccc3O2)CC1.COC(=O)C1=CC2(CCN(C(=O)OC(C)(C)C)CC2)Oc2ccccc21.[Pd].c1ccc(P(c2ccccc2)c2ccccc2)cc1.c1ccc(P(c2ccccc2)c2ccccc2)cc1.c1ccc(P(c2ccccc2)c2ccccc2)cc1.c1ccc(P(c2ccccc2)c2ccccc2)cc1. The van der Waals surface area contributed by atoms with E-state index >= 15 is 0 Å². The van der Waals surface area contributed by atoms with Crippen LogP contribution in [0.4, 0.5) is 22.8 Å². The van der Waals surface area contributed by atoms with Crippen LogP contribution in [-0.4, -0.2) is 97.6 Å². The molecule has 14 aromatic carbocycles. The van der Waals surface area contributed by atoms with Crippen molar-refractivity contribution in [2.75, 3.05) is 33.3 Å². The van der Waals surface area contributed by atoms with Crippen LogP contribution in [-0.2, 0) is 53.7 Å². The van der Waals surface area contributed by atoms with Gasteiger partial charge in [0.2, 0.25) is 0 Å². The Labute approximate surface area is 798 Å². The second-order valence-electron chi connectivity index (χ2n) is 33.2. The molecule has 4 aliphatic rings. The third kappa shape index (κ3) is 28.1. The molecule has 2 fully saturated rings. The molecule has 0 unspecified atom stereocenters. The monoisotopic (exact) mass is 1960 g/mol. The summed E-state index contributed by atoms with van der Waals surface area (Å²) in [5.74, 6) is 0.0498. The molecule has 0 aromatic heterocycles. The van der Waals surface area contributed by atoms with Gasteiger partial charge in [-0.05, 0) is 161 Å². The Morgan fingerprint density at radius 1 is 0.316 bits per heavy atom. The third-order valence-electron chi connectivity index (χ3n) is 21.3. The van der Waals surface area contributed by atoms with Gasteiger partial charge >= 0.3 is 33.8 Å². The molecule has 684 valence electrons. The molecular weight excluding hydrogens is 1860 g/mol. The maximum absolute atomic E-state index is 12.8. The van der Waals surface area contributed by atoms with Crippen molar-refractivity contribution in [2.45, 2.75) is 95.1 Å². The topological polar surface area (TPSA) is 147 Å². The van der Waals surface area contributed by atoms with Crippen molar-refractivity contribution < 1.29 is 84.3 Å². The number of amides is 2. The summed E-state index contributed by atoms with van der Waals surface area (Å²) in [6.07, 6.45) is 3.90. The smallest absolute Gasteiger partial charge is 0.482 e. The molecule has 0 atom stereocenters. The molecule has 2 amide bonds. The molecule has 14 aromatic rings. The van der Waals surface area contributed by atoms with E-state index < -0.39 is 81.6 Å². The molecule has 133 heavy (non-hydrogen) atoms. The van der Waals surface area contributed by atoms with Crippen LogP contribution in [0.3, 0.4) is 0 Å². The summed E-state index contributed by atoms with van der Waals surface area (Å²) in [4.78, 5) is 40.0. The molecule has 0 aliphatic carbocycles. The van der Waals surface area contributed by atoms with Crippen molar-refractivity contribution in [3.63, 3.8) is 0 Å². The third-order valence-corrected chi connectivity index (χ3v) is 32.1. The summed E-state index contributed by atoms with van der Waals surface area (Å²) < 4.78 is 94.1. The van der Waals surface area contributed by atoms with Crippen LogP contribution in [0.1, 0.15) is 78.4 Å². The maximum Gasteiger partial charge on any atom is 0.534 e. The number of nitrogens with zero attached hydrogens (tertiary/aromatic N) is 2. The fourth-order valence-corrected chi connectivity index (χ4v) is 24.9. The first kappa shape index (κ1) is 100. The summed E-state index contributed by atoms with van der Waals surface area (Å²) in [6, 6.07) is 143. The number of rotatable bonds is 15. The predicted molar refractivity (Wildman–Crippen MR) is 538 cm³/mol. The molecule has 0 radical (unpaired) electrons. The van der Waals surface area contributed by atoms with Gasteiger partial charge in [0.15, 0.2) is 5.76 Å². The van der Waals surface area contributed by atoms with E-state index in [0.717, 1.165) is 5.56 Å². The predicted octanol–water partition coefficient (Wildman–Crippen LogP) is 21.2. The molecule has 4 heterocycles. The first-order valence-electron chi connectivity index (χ1n) is 43.6. The number of methoxy groups -OCH3 is 1. The Morgan fingerprint density at radius 3 is 0.737 bits per heavy atom. The van der Waals surface area contributed by atoms with Gasteiger partial charge in [-0.1, -0.05) is 394 Å². The van der Waals surface area contributed by atoms with E-state index in [1.54, 1.807) is 31.7 Å². The van der Waals surface area contributed by atoms with Crippen molar-refractivity contribution in [2.24, 2.45) is 0 Å². The summed E-state index contributed by atoms with van der Waals surface area (Å²) >= 11 is 0. The second-order valence-corrected chi connectivity index (χ2v) is 43.6. The summed E-state index contributed by atoms with van der Waals surface area (Å²) in [6.45, 7) is 12.2. The number of halogens is 3. The average molecular weight is 1960 g/mol. The van der Waals surface area contributed by atoms with Crippen LogP contribution in [0.2, 0.25) is 0 Å². The Balaban J connectivity index is 0.000000145. The molecular formula is C111H107F3N2O11P4PdS. The number of carbonyl (C=O) groups is 3. The van der Waals surface area contributed by atoms with Gasteiger partial charge < -0.3 is 37.7 Å². The zero-order valence-electron chi connectivity index (χ0n) is 75.1. The average Bonchev–Trinajstić information content (AvgIpc) is 0.756. The molecule has 4 aliphatic heterocycles. The van der Waals surface area contributed by atoms with Crippen LogP contribution < -0.4 is 73.1 Å². The number of para-hydroxylation sites is 2. The largest absolute Gasteiger partial charge is 0.534 e. The van der Waals surface area contributed by atoms with Gasteiger partial charge in [-0.2, -0.15) is 21.6 Å². The molecule has 0 saturated carbocycles. The zero-order valence-corrected chi connectivity index (χ0v) is 81.1. The van der Waals surface area contributed by atoms with Crippen LogP contribution in [0.25, 0.3) is 11.3 Å². The van der Waals surface area contributed by atoms with Crippen molar-refractivity contribution in [3.8, 4) is 11.5 Å². The van der Waals surface area contributed by atoms with Crippen molar-refractivity contribution in [3.05, 3.63) is 436 Å².